The van der Waals surface area contributed by atoms with E-state index >= 15 is 0 Å². The van der Waals surface area contributed by atoms with Crippen LogP contribution in [0.25, 0.3) is 0 Å². The molecular weight excluding hydrogens is 362 g/mol. The Labute approximate surface area is 153 Å². The molecule has 0 atom stereocenters. The van der Waals surface area contributed by atoms with Gasteiger partial charge in [-0.3, -0.25) is 9.59 Å². The Morgan fingerprint density at radius 3 is 2.33 bits per heavy atom. The van der Waals surface area contributed by atoms with E-state index in [2.05, 4.69) is 20.1 Å². The average Bonchev–Trinajstić information content (AvgIpc) is 2.66. The van der Waals surface area contributed by atoms with Gasteiger partial charge in [-0.2, -0.15) is 8.78 Å². The van der Waals surface area contributed by atoms with Gasteiger partial charge in [0, 0.05) is 5.69 Å². The lowest BCUT2D eigenvalue weighted by Crippen LogP contribution is -2.33. The summed E-state index contributed by atoms with van der Waals surface area (Å²) in [7, 11) is 1.26. The number of alkyl halides is 2. The fraction of sp³-hybridized carbons (Fsp3) is 0.167. The van der Waals surface area contributed by atoms with Gasteiger partial charge in [-0.15, -0.1) is 0 Å². The van der Waals surface area contributed by atoms with Crippen molar-refractivity contribution >= 4 is 23.5 Å². The highest BCUT2D eigenvalue weighted by molar-refractivity contribution is 6.01. The lowest BCUT2D eigenvalue weighted by molar-refractivity contribution is -0.115. The summed E-state index contributed by atoms with van der Waals surface area (Å²) >= 11 is 0. The van der Waals surface area contributed by atoms with Crippen molar-refractivity contribution in [1.29, 1.82) is 0 Å². The highest BCUT2D eigenvalue weighted by atomic mass is 19.3. The van der Waals surface area contributed by atoms with Gasteiger partial charge in [0.05, 0.1) is 24.8 Å². The van der Waals surface area contributed by atoms with Crippen molar-refractivity contribution in [3.8, 4) is 5.75 Å². The number of carbonyl (C=O) groups excluding carboxylic acids is 3. The molecule has 0 aliphatic rings. The van der Waals surface area contributed by atoms with E-state index in [4.69, 9.17) is 0 Å². The van der Waals surface area contributed by atoms with Crippen LogP contribution in [0.1, 0.15) is 20.7 Å². The molecule has 0 saturated carbocycles. The van der Waals surface area contributed by atoms with Crippen LogP contribution in [0.3, 0.4) is 0 Å². The number of carbonyl (C=O) groups is 3. The molecule has 27 heavy (non-hydrogen) atoms. The summed E-state index contributed by atoms with van der Waals surface area (Å²) in [6, 6.07) is 11.4. The van der Waals surface area contributed by atoms with E-state index in [0.717, 1.165) is 0 Å². The molecule has 0 heterocycles. The number of hydrogen-bond acceptors (Lipinski definition) is 5. The van der Waals surface area contributed by atoms with Crippen LogP contribution in [0.5, 0.6) is 5.75 Å². The van der Waals surface area contributed by atoms with Gasteiger partial charge in [-0.1, -0.05) is 12.1 Å². The van der Waals surface area contributed by atoms with Gasteiger partial charge in [-0.25, -0.2) is 4.79 Å². The highest BCUT2D eigenvalue weighted by Gasteiger charge is 2.16. The van der Waals surface area contributed by atoms with Gasteiger partial charge in [0.2, 0.25) is 5.91 Å². The van der Waals surface area contributed by atoms with Crippen LogP contribution in [-0.2, 0) is 9.53 Å². The van der Waals surface area contributed by atoms with Crippen LogP contribution in [-0.4, -0.2) is 38.0 Å². The zero-order valence-electron chi connectivity index (χ0n) is 14.2. The van der Waals surface area contributed by atoms with Crippen LogP contribution in [0.15, 0.2) is 48.5 Å². The lowest BCUT2D eigenvalue weighted by Gasteiger charge is -2.11. The van der Waals surface area contributed by atoms with Crippen LogP contribution < -0.4 is 15.4 Å². The number of rotatable bonds is 7. The third kappa shape index (κ3) is 5.77. The number of halogens is 2. The van der Waals surface area contributed by atoms with E-state index in [9.17, 15) is 23.2 Å². The Morgan fingerprint density at radius 1 is 1.04 bits per heavy atom. The van der Waals surface area contributed by atoms with E-state index in [1.165, 1.54) is 55.6 Å². The Kier molecular flexibility index (Phi) is 6.81. The van der Waals surface area contributed by atoms with Crippen LogP contribution in [0, 0.1) is 0 Å². The van der Waals surface area contributed by atoms with Crippen molar-refractivity contribution in [2.24, 2.45) is 0 Å². The molecule has 0 fully saturated rings. The van der Waals surface area contributed by atoms with Gasteiger partial charge < -0.3 is 20.1 Å². The molecule has 0 aromatic heterocycles. The summed E-state index contributed by atoms with van der Waals surface area (Å²) < 4.78 is 33.6. The zero-order chi connectivity index (χ0) is 19.8. The van der Waals surface area contributed by atoms with E-state index in [1.54, 1.807) is 0 Å². The maximum Gasteiger partial charge on any atom is 0.387 e. The molecule has 0 aliphatic heterocycles. The van der Waals surface area contributed by atoms with E-state index in [-0.39, 0.29) is 17.9 Å². The van der Waals surface area contributed by atoms with Crippen LogP contribution in [0.4, 0.5) is 14.5 Å². The van der Waals surface area contributed by atoms with Crippen molar-refractivity contribution in [2.45, 2.75) is 6.61 Å². The number of esters is 1. The van der Waals surface area contributed by atoms with E-state index in [0.29, 0.717) is 11.3 Å². The van der Waals surface area contributed by atoms with Crippen LogP contribution >= 0.6 is 0 Å². The van der Waals surface area contributed by atoms with Gasteiger partial charge in [0.25, 0.3) is 5.91 Å². The standard InChI is InChI=1S/C18H16F2N2O5/c1-26-17(25)11-6-8-12(9-7-11)22-15(23)10-21-16(24)13-4-2-3-5-14(13)27-18(19)20/h2-9,18H,10H2,1H3,(H,21,24)(H,22,23). The van der Waals surface area contributed by atoms with Crippen molar-refractivity contribution in [2.75, 3.05) is 19.0 Å². The Balaban J connectivity index is 1.92. The number of amides is 2. The largest absolute Gasteiger partial charge is 0.465 e. The molecule has 0 aliphatic carbocycles. The first-order valence-corrected chi connectivity index (χ1v) is 7.71. The summed E-state index contributed by atoms with van der Waals surface area (Å²) in [5.74, 6) is -2.07. The van der Waals surface area contributed by atoms with Crippen molar-refractivity contribution in [3.05, 3.63) is 59.7 Å². The minimum atomic E-state index is -3.07. The highest BCUT2D eigenvalue weighted by Crippen LogP contribution is 2.20. The topological polar surface area (TPSA) is 93.7 Å². The molecule has 2 aromatic carbocycles. The molecule has 0 saturated heterocycles. The molecular formula is C18H16F2N2O5. The fourth-order valence-corrected chi connectivity index (χ4v) is 2.12. The van der Waals surface area contributed by atoms with Gasteiger partial charge in [0.1, 0.15) is 5.75 Å². The number of nitrogens with one attached hydrogen (secondary N) is 2. The zero-order valence-corrected chi connectivity index (χ0v) is 14.2. The molecule has 0 radical (unpaired) electrons. The smallest absolute Gasteiger partial charge is 0.387 e. The Morgan fingerprint density at radius 2 is 1.70 bits per heavy atom. The number of ether oxygens (including phenoxy) is 2. The fourth-order valence-electron chi connectivity index (χ4n) is 2.12. The molecule has 7 nitrogen and oxygen atoms in total. The number of hydrogen-bond donors (Lipinski definition) is 2. The van der Waals surface area contributed by atoms with Crippen molar-refractivity contribution in [1.82, 2.24) is 5.32 Å². The summed E-state index contributed by atoms with van der Waals surface area (Å²) in [6.07, 6.45) is 0. The average molecular weight is 378 g/mol. The van der Waals surface area contributed by atoms with Crippen LogP contribution in [0.2, 0.25) is 0 Å². The molecule has 9 heteroatoms. The minimum Gasteiger partial charge on any atom is -0.465 e. The molecule has 2 N–H and O–H groups in total. The number of para-hydroxylation sites is 1. The molecule has 2 rings (SSSR count). The first-order chi connectivity index (χ1) is 12.9. The SMILES string of the molecule is COC(=O)c1ccc(NC(=O)CNC(=O)c2ccccc2OC(F)F)cc1. The second-order valence-corrected chi connectivity index (χ2v) is 5.17. The number of benzene rings is 2. The molecule has 0 bridgehead atoms. The first kappa shape index (κ1) is 19.8. The Bertz CT molecular complexity index is 825. The van der Waals surface area contributed by atoms with Gasteiger partial charge in [-0.05, 0) is 36.4 Å². The summed E-state index contributed by atoms with van der Waals surface area (Å²) in [5, 5.41) is 4.84. The normalized spacial score (nSPS) is 10.2. The maximum absolute atomic E-state index is 12.4. The quantitative estimate of drug-likeness (QED) is 0.722. The minimum absolute atomic E-state index is 0.118. The van der Waals surface area contributed by atoms with Gasteiger partial charge in [0.15, 0.2) is 0 Å². The number of methoxy groups -OCH3 is 1. The third-order valence-corrected chi connectivity index (χ3v) is 3.35. The molecule has 142 valence electrons. The maximum atomic E-state index is 12.4. The van der Waals surface area contributed by atoms with Crippen molar-refractivity contribution in [3.63, 3.8) is 0 Å². The third-order valence-electron chi connectivity index (χ3n) is 3.35. The number of anilines is 1. The predicted octanol–water partition coefficient (Wildman–Crippen LogP) is 2.44. The second kappa shape index (κ2) is 9.27. The molecule has 2 aromatic rings. The van der Waals surface area contributed by atoms with Gasteiger partial charge >= 0.3 is 12.6 Å². The summed E-state index contributed by atoms with van der Waals surface area (Å²) in [5.41, 5.74) is 0.607. The lowest BCUT2D eigenvalue weighted by atomic mass is 10.2. The Hall–Kier alpha value is -3.49. The molecule has 0 unspecified atom stereocenters. The molecule has 2 amide bonds. The predicted molar refractivity (Wildman–Crippen MR) is 91.8 cm³/mol. The molecule has 0 spiro atoms. The van der Waals surface area contributed by atoms with E-state index in [1.807, 2.05) is 0 Å². The van der Waals surface area contributed by atoms with Crippen molar-refractivity contribution < 1.29 is 32.6 Å². The second-order valence-electron chi connectivity index (χ2n) is 5.17. The van der Waals surface area contributed by atoms with E-state index < -0.39 is 24.4 Å². The summed E-state index contributed by atoms with van der Waals surface area (Å²) in [4.78, 5) is 35.3. The first-order valence-electron chi connectivity index (χ1n) is 7.71. The monoisotopic (exact) mass is 378 g/mol. The summed E-state index contributed by atoms with van der Waals surface area (Å²) in [6.45, 7) is -3.46.